The molecule has 0 aromatic heterocycles. The van der Waals surface area contributed by atoms with Gasteiger partial charge in [0.05, 0.1) is 7.85 Å². The van der Waals surface area contributed by atoms with E-state index in [-0.39, 0.29) is 12.1 Å². The zero-order chi connectivity index (χ0) is 11.8. The molecule has 1 aromatic rings. The van der Waals surface area contributed by atoms with Crippen molar-refractivity contribution < 1.29 is 4.79 Å². The molecule has 0 bridgehead atoms. The fourth-order valence-corrected chi connectivity index (χ4v) is 0.830. The first-order valence-electron chi connectivity index (χ1n) is 4.67. The molecule has 1 rings (SSSR count). The van der Waals surface area contributed by atoms with Crippen molar-refractivity contribution in [1.29, 1.82) is 0 Å². The molecular weight excluding hydrogens is 187 g/mol. The molecule has 15 heavy (non-hydrogen) atoms. The lowest BCUT2D eigenvalue weighted by atomic mass is 9.96. The van der Waals surface area contributed by atoms with Crippen LogP contribution < -0.4 is 5.73 Å². The van der Waals surface area contributed by atoms with Gasteiger partial charge in [-0.25, -0.2) is 0 Å². The van der Waals surface area contributed by atoms with Crippen LogP contribution in [0.3, 0.4) is 0 Å². The standard InChI is InChI=1S/C8H8BNO.C3H9N/c9-5-8(11)6-2-1-3-7(10)4-6;1-4(2)3/h1-4H,5,10H2;1-3H3. The topological polar surface area (TPSA) is 46.3 Å². The first-order valence-corrected chi connectivity index (χ1v) is 4.67. The number of carbonyl (C=O) groups excluding carboxylic acids is 1. The van der Waals surface area contributed by atoms with E-state index in [1.54, 1.807) is 24.3 Å². The van der Waals surface area contributed by atoms with E-state index in [1.807, 2.05) is 26.0 Å². The summed E-state index contributed by atoms with van der Waals surface area (Å²) in [5, 5.41) is 0. The van der Waals surface area contributed by atoms with Crippen molar-refractivity contribution in [1.82, 2.24) is 4.90 Å². The largest absolute Gasteiger partial charge is 0.399 e. The molecule has 0 amide bonds. The Hall–Kier alpha value is -1.29. The number of benzene rings is 1. The molecule has 80 valence electrons. The summed E-state index contributed by atoms with van der Waals surface area (Å²) in [7, 11) is 11.2. The predicted octanol–water partition coefficient (Wildman–Crippen LogP) is 1.22. The highest BCUT2D eigenvalue weighted by Crippen LogP contribution is 2.07. The summed E-state index contributed by atoms with van der Waals surface area (Å²) in [6.07, 6.45) is 0.0312. The molecule has 2 radical (unpaired) electrons. The van der Waals surface area contributed by atoms with Crippen LogP contribution in [0.4, 0.5) is 5.69 Å². The van der Waals surface area contributed by atoms with Gasteiger partial charge in [0, 0.05) is 11.3 Å². The number of nitrogen functional groups attached to an aromatic ring is 1. The molecule has 0 aliphatic heterocycles. The summed E-state index contributed by atoms with van der Waals surface area (Å²) in [6.45, 7) is 0. The minimum absolute atomic E-state index is 0.0312. The van der Waals surface area contributed by atoms with E-state index >= 15 is 0 Å². The van der Waals surface area contributed by atoms with Gasteiger partial charge < -0.3 is 10.6 Å². The van der Waals surface area contributed by atoms with Gasteiger partial charge in [0.25, 0.3) is 0 Å². The maximum absolute atomic E-state index is 11.0. The highest BCUT2D eigenvalue weighted by molar-refractivity contribution is 6.24. The average molecular weight is 204 g/mol. The molecule has 1 aromatic carbocycles. The molecule has 2 N–H and O–H groups in total. The van der Waals surface area contributed by atoms with Crippen LogP contribution in [0.2, 0.25) is 6.32 Å². The third-order valence-electron chi connectivity index (χ3n) is 1.39. The molecule has 0 heterocycles. The van der Waals surface area contributed by atoms with E-state index in [9.17, 15) is 4.79 Å². The molecule has 0 spiro atoms. The Morgan fingerprint density at radius 3 is 2.33 bits per heavy atom. The van der Waals surface area contributed by atoms with Gasteiger partial charge in [0.2, 0.25) is 0 Å². The molecule has 0 saturated heterocycles. The highest BCUT2D eigenvalue weighted by Gasteiger charge is 2.00. The number of nitrogens with two attached hydrogens (primary N) is 1. The van der Waals surface area contributed by atoms with Gasteiger partial charge in [-0.15, -0.1) is 0 Å². The first kappa shape index (κ1) is 13.7. The highest BCUT2D eigenvalue weighted by atomic mass is 16.1. The van der Waals surface area contributed by atoms with Crippen molar-refractivity contribution in [3.63, 3.8) is 0 Å². The minimum Gasteiger partial charge on any atom is -0.399 e. The van der Waals surface area contributed by atoms with Crippen LogP contribution in [-0.2, 0) is 0 Å². The number of nitrogens with zero attached hydrogens (tertiary/aromatic N) is 1. The number of rotatable bonds is 2. The van der Waals surface area contributed by atoms with Crippen molar-refractivity contribution in [3.05, 3.63) is 29.8 Å². The Kier molecular flexibility index (Phi) is 6.46. The number of Topliss-reactive ketones (excluding diaryl/α,β-unsaturated/α-hetero) is 1. The van der Waals surface area contributed by atoms with E-state index in [0.717, 1.165) is 0 Å². The van der Waals surface area contributed by atoms with Gasteiger partial charge in [-0.3, -0.25) is 4.79 Å². The second-order valence-electron chi connectivity index (χ2n) is 3.59. The fraction of sp³-hybridized carbons (Fsp3) is 0.364. The zero-order valence-electron chi connectivity index (χ0n) is 9.53. The van der Waals surface area contributed by atoms with E-state index in [1.165, 1.54) is 0 Å². The second-order valence-corrected chi connectivity index (χ2v) is 3.59. The Morgan fingerprint density at radius 2 is 1.93 bits per heavy atom. The first-order chi connectivity index (χ1) is 6.97. The van der Waals surface area contributed by atoms with Gasteiger partial charge in [0.1, 0.15) is 0 Å². The molecule has 0 saturated carbocycles. The number of hydrogen-bond donors (Lipinski definition) is 1. The van der Waals surface area contributed by atoms with Crippen molar-refractivity contribution >= 4 is 19.3 Å². The van der Waals surface area contributed by atoms with Crippen LogP contribution in [0, 0.1) is 0 Å². The van der Waals surface area contributed by atoms with Crippen molar-refractivity contribution in [2.75, 3.05) is 26.9 Å². The second kappa shape index (κ2) is 7.07. The zero-order valence-corrected chi connectivity index (χ0v) is 9.53. The van der Waals surface area contributed by atoms with Crippen LogP contribution in [-0.4, -0.2) is 39.7 Å². The Balaban J connectivity index is 0.000000423. The van der Waals surface area contributed by atoms with Gasteiger partial charge in [0.15, 0.2) is 5.78 Å². The van der Waals surface area contributed by atoms with Gasteiger partial charge in [-0.1, -0.05) is 12.1 Å². The van der Waals surface area contributed by atoms with E-state index in [2.05, 4.69) is 0 Å². The summed E-state index contributed by atoms with van der Waals surface area (Å²) < 4.78 is 0. The quantitative estimate of drug-likeness (QED) is 0.447. The fourth-order valence-electron chi connectivity index (χ4n) is 0.830. The molecule has 0 aliphatic rings. The number of carbonyl (C=O) groups is 1. The SMILES string of the molecule is CN(C)C.[B]CC(=O)c1cccc(N)c1. The van der Waals surface area contributed by atoms with E-state index in [4.69, 9.17) is 13.6 Å². The maximum Gasteiger partial charge on any atom is 0.154 e. The van der Waals surface area contributed by atoms with Crippen LogP contribution in [0.5, 0.6) is 0 Å². The third kappa shape index (κ3) is 6.74. The van der Waals surface area contributed by atoms with Crippen molar-refractivity contribution in [2.24, 2.45) is 0 Å². The summed E-state index contributed by atoms with van der Waals surface area (Å²) in [6, 6.07) is 6.78. The summed E-state index contributed by atoms with van der Waals surface area (Å²) in [4.78, 5) is 13.0. The Bertz CT molecular complexity index is 310. The predicted molar refractivity (Wildman–Crippen MR) is 65.4 cm³/mol. The van der Waals surface area contributed by atoms with Crippen molar-refractivity contribution in [2.45, 2.75) is 6.32 Å². The Morgan fingerprint density at radius 1 is 1.40 bits per heavy atom. The minimum atomic E-state index is -0.0858. The molecule has 4 heteroatoms. The lowest BCUT2D eigenvalue weighted by molar-refractivity contribution is 0.101. The molecule has 0 fully saturated rings. The van der Waals surface area contributed by atoms with Gasteiger partial charge in [-0.05, 0) is 39.6 Å². The number of ketones is 1. The molecular formula is C11H17BN2O. The third-order valence-corrected chi connectivity index (χ3v) is 1.39. The average Bonchev–Trinajstić information content (AvgIpc) is 2.16. The van der Waals surface area contributed by atoms with Gasteiger partial charge >= 0.3 is 0 Å². The summed E-state index contributed by atoms with van der Waals surface area (Å²) in [5.41, 5.74) is 6.62. The van der Waals surface area contributed by atoms with Crippen LogP contribution in [0.25, 0.3) is 0 Å². The summed E-state index contributed by atoms with van der Waals surface area (Å²) in [5.74, 6) is -0.0858. The smallest absolute Gasteiger partial charge is 0.154 e. The molecule has 0 unspecified atom stereocenters. The van der Waals surface area contributed by atoms with E-state index in [0.29, 0.717) is 11.3 Å². The van der Waals surface area contributed by atoms with Crippen LogP contribution in [0.15, 0.2) is 24.3 Å². The lowest BCUT2D eigenvalue weighted by Crippen LogP contribution is -1.99. The number of hydrogen-bond acceptors (Lipinski definition) is 3. The van der Waals surface area contributed by atoms with E-state index < -0.39 is 0 Å². The van der Waals surface area contributed by atoms with Gasteiger partial charge in [-0.2, -0.15) is 0 Å². The summed E-state index contributed by atoms with van der Waals surface area (Å²) >= 11 is 0. The molecule has 3 nitrogen and oxygen atoms in total. The normalized spacial score (nSPS) is 9.33. The lowest BCUT2D eigenvalue weighted by Gasteiger charge is -1.97. The number of anilines is 1. The van der Waals surface area contributed by atoms with Crippen LogP contribution >= 0.6 is 0 Å². The molecule has 0 aliphatic carbocycles. The maximum atomic E-state index is 11.0. The van der Waals surface area contributed by atoms with Crippen LogP contribution in [0.1, 0.15) is 10.4 Å². The monoisotopic (exact) mass is 204 g/mol. The molecule has 0 atom stereocenters. The Labute approximate surface area is 92.7 Å². The van der Waals surface area contributed by atoms with Crippen molar-refractivity contribution in [3.8, 4) is 0 Å².